The van der Waals surface area contributed by atoms with E-state index in [9.17, 15) is 9.59 Å². The van der Waals surface area contributed by atoms with Crippen LogP contribution in [0.15, 0.2) is 30.3 Å². The van der Waals surface area contributed by atoms with Crippen LogP contribution in [0.1, 0.15) is 64.4 Å². The second kappa shape index (κ2) is 7.41. The summed E-state index contributed by atoms with van der Waals surface area (Å²) >= 11 is 0. The molecule has 28 heavy (non-hydrogen) atoms. The minimum Gasteiger partial charge on any atom is -0.425 e. The van der Waals surface area contributed by atoms with Gasteiger partial charge in [-0.05, 0) is 55.4 Å². The summed E-state index contributed by atoms with van der Waals surface area (Å²) in [5, 5.41) is 0. The van der Waals surface area contributed by atoms with Crippen LogP contribution in [0.4, 0.5) is 4.79 Å². The van der Waals surface area contributed by atoms with Crippen LogP contribution in [-0.2, 0) is 14.3 Å². The number of carbonyl (C=O) groups excluding carboxylic acids is 2. The van der Waals surface area contributed by atoms with Crippen molar-refractivity contribution < 1.29 is 19.1 Å². The second-order valence-corrected chi connectivity index (χ2v) is 8.55. The molecule has 1 spiro atoms. The van der Waals surface area contributed by atoms with Crippen LogP contribution >= 0.6 is 0 Å². The first-order valence-corrected chi connectivity index (χ1v) is 10.7. The third-order valence-electron chi connectivity index (χ3n) is 7.16. The standard InChI is InChI=1S/C23H31NO4/c1-4-9-19(25)27-15(3)28-22(26)24(5-2)21-18-13-12-17-14-23(17,18)20(21)16-10-7-6-8-11-16/h6-8,10-11,15,17-18,20-21H,4-5,9,12-14H2,1-3H3. The van der Waals surface area contributed by atoms with Gasteiger partial charge in [0.15, 0.2) is 0 Å². The zero-order valence-electron chi connectivity index (χ0n) is 17.1. The molecule has 1 amide bonds. The molecule has 1 aromatic rings. The summed E-state index contributed by atoms with van der Waals surface area (Å²) < 4.78 is 10.7. The van der Waals surface area contributed by atoms with Crippen LogP contribution in [-0.4, -0.2) is 35.8 Å². The van der Waals surface area contributed by atoms with E-state index in [1.807, 2.05) is 24.8 Å². The van der Waals surface area contributed by atoms with Crippen molar-refractivity contribution in [3.05, 3.63) is 35.9 Å². The van der Waals surface area contributed by atoms with E-state index in [1.165, 1.54) is 24.8 Å². The van der Waals surface area contributed by atoms with Gasteiger partial charge in [0.25, 0.3) is 0 Å². The minimum atomic E-state index is -0.859. The van der Waals surface area contributed by atoms with E-state index in [1.54, 1.807) is 6.92 Å². The topological polar surface area (TPSA) is 55.8 Å². The summed E-state index contributed by atoms with van der Waals surface area (Å²) in [5.41, 5.74) is 1.74. The Kier molecular flexibility index (Phi) is 5.11. The van der Waals surface area contributed by atoms with Gasteiger partial charge >= 0.3 is 12.1 Å². The lowest BCUT2D eigenvalue weighted by Crippen LogP contribution is -2.60. The van der Waals surface area contributed by atoms with Crippen molar-refractivity contribution in [1.29, 1.82) is 0 Å². The first-order chi connectivity index (χ1) is 13.5. The fourth-order valence-electron chi connectivity index (χ4n) is 6.08. The largest absolute Gasteiger partial charge is 0.425 e. The number of rotatable bonds is 7. The number of likely N-dealkylation sites (N-methyl/N-ethyl adjacent to an activating group) is 1. The SMILES string of the molecule is CCCC(=O)OC(C)OC(=O)N(CC)C1C2CCC3CC32C1c1ccccc1. The molecule has 0 saturated heterocycles. The lowest BCUT2D eigenvalue weighted by molar-refractivity contribution is -0.167. The van der Waals surface area contributed by atoms with E-state index in [4.69, 9.17) is 9.47 Å². The van der Waals surface area contributed by atoms with E-state index in [0.717, 1.165) is 5.92 Å². The average molecular weight is 386 g/mol. The van der Waals surface area contributed by atoms with E-state index in [0.29, 0.717) is 36.6 Å². The van der Waals surface area contributed by atoms with Crippen molar-refractivity contribution >= 4 is 12.1 Å². The zero-order valence-corrected chi connectivity index (χ0v) is 17.1. The number of nitrogens with zero attached hydrogens (tertiary/aromatic N) is 1. The zero-order chi connectivity index (χ0) is 19.9. The van der Waals surface area contributed by atoms with Gasteiger partial charge in [-0.1, -0.05) is 37.3 Å². The van der Waals surface area contributed by atoms with Gasteiger partial charge < -0.3 is 14.4 Å². The van der Waals surface area contributed by atoms with Crippen LogP contribution in [0.5, 0.6) is 0 Å². The molecule has 4 rings (SSSR count). The molecular weight excluding hydrogens is 354 g/mol. The van der Waals surface area contributed by atoms with E-state index in [2.05, 4.69) is 24.3 Å². The highest BCUT2D eigenvalue weighted by molar-refractivity contribution is 5.71. The Morgan fingerprint density at radius 1 is 1.18 bits per heavy atom. The van der Waals surface area contributed by atoms with E-state index < -0.39 is 6.29 Å². The molecule has 5 nitrogen and oxygen atoms in total. The normalized spacial score (nSPS) is 33.1. The Bertz CT molecular complexity index is 735. The molecule has 0 aromatic heterocycles. The molecule has 3 aliphatic rings. The van der Waals surface area contributed by atoms with Crippen LogP contribution in [0.3, 0.4) is 0 Å². The van der Waals surface area contributed by atoms with Crippen LogP contribution in [0.25, 0.3) is 0 Å². The van der Waals surface area contributed by atoms with Gasteiger partial charge in [-0.25, -0.2) is 4.79 Å². The number of ether oxygens (including phenoxy) is 2. The maximum atomic E-state index is 13.0. The summed E-state index contributed by atoms with van der Waals surface area (Å²) in [6.07, 6.45) is 3.60. The number of amides is 1. The third kappa shape index (κ3) is 2.99. The summed E-state index contributed by atoms with van der Waals surface area (Å²) in [4.78, 5) is 26.5. The molecule has 3 aliphatic carbocycles. The second-order valence-electron chi connectivity index (χ2n) is 8.55. The lowest BCUT2D eigenvalue weighted by atomic mass is 9.55. The Morgan fingerprint density at radius 2 is 1.93 bits per heavy atom. The predicted molar refractivity (Wildman–Crippen MR) is 106 cm³/mol. The van der Waals surface area contributed by atoms with Crippen LogP contribution in [0.2, 0.25) is 0 Å². The maximum Gasteiger partial charge on any atom is 0.413 e. The van der Waals surface area contributed by atoms with Gasteiger partial charge in [-0.15, -0.1) is 0 Å². The molecule has 5 heteroatoms. The average Bonchev–Trinajstić information content (AvgIpc) is 3.32. The quantitative estimate of drug-likeness (QED) is 0.503. The summed E-state index contributed by atoms with van der Waals surface area (Å²) in [7, 11) is 0. The predicted octanol–water partition coefficient (Wildman–Crippen LogP) is 4.72. The van der Waals surface area contributed by atoms with Crippen LogP contribution in [0, 0.1) is 17.3 Å². The van der Waals surface area contributed by atoms with Gasteiger partial charge in [0.05, 0.1) is 0 Å². The van der Waals surface area contributed by atoms with Gasteiger partial charge in [-0.2, -0.15) is 0 Å². The highest BCUT2D eigenvalue weighted by Gasteiger charge is 2.77. The lowest BCUT2D eigenvalue weighted by Gasteiger charge is -2.56. The summed E-state index contributed by atoms with van der Waals surface area (Å²) in [6, 6.07) is 10.8. The molecule has 3 saturated carbocycles. The monoisotopic (exact) mass is 385 g/mol. The molecule has 0 bridgehead atoms. The number of hydrogen-bond acceptors (Lipinski definition) is 4. The van der Waals surface area contributed by atoms with Gasteiger partial charge in [-0.3, -0.25) is 4.79 Å². The van der Waals surface area contributed by atoms with Crippen molar-refractivity contribution in [3.8, 4) is 0 Å². The molecular formula is C23H31NO4. The number of esters is 1. The summed E-state index contributed by atoms with van der Waals surface area (Å²) in [5.74, 6) is 1.44. The molecule has 3 fully saturated rings. The Morgan fingerprint density at radius 3 is 2.57 bits per heavy atom. The molecule has 6 unspecified atom stereocenters. The molecule has 6 atom stereocenters. The number of hydrogen-bond donors (Lipinski definition) is 0. The first kappa shape index (κ1) is 19.3. The molecule has 1 aromatic carbocycles. The van der Waals surface area contributed by atoms with Crippen molar-refractivity contribution in [2.75, 3.05) is 6.54 Å². The molecule has 152 valence electrons. The van der Waals surface area contributed by atoms with E-state index >= 15 is 0 Å². The third-order valence-corrected chi connectivity index (χ3v) is 7.16. The maximum absolute atomic E-state index is 13.0. The minimum absolute atomic E-state index is 0.172. The number of benzene rings is 1. The molecule has 0 N–H and O–H groups in total. The van der Waals surface area contributed by atoms with Gasteiger partial charge in [0.2, 0.25) is 6.29 Å². The van der Waals surface area contributed by atoms with Gasteiger partial charge in [0.1, 0.15) is 0 Å². The Hall–Kier alpha value is -2.04. The fraction of sp³-hybridized carbons (Fsp3) is 0.652. The number of carbonyl (C=O) groups is 2. The smallest absolute Gasteiger partial charge is 0.413 e. The highest BCUT2D eigenvalue weighted by Crippen LogP contribution is 2.81. The van der Waals surface area contributed by atoms with E-state index in [-0.39, 0.29) is 18.1 Å². The van der Waals surface area contributed by atoms with Crippen molar-refractivity contribution in [3.63, 3.8) is 0 Å². The van der Waals surface area contributed by atoms with Crippen molar-refractivity contribution in [1.82, 2.24) is 4.90 Å². The highest BCUT2D eigenvalue weighted by atomic mass is 16.7. The van der Waals surface area contributed by atoms with Crippen molar-refractivity contribution in [2.24, 2.45) is 17.3 Å². The fourth-order valence-corrected chi connectivity index (χ4v) is 6.08. The summed E-state index contributed by atoms with van der Waals surface area (Å²) in [6.45, 7) is 6.13. The molecule has 0 radical (unpaired) electrons. The Balaban J connectivity index is 1.49. The molecule has 0 heterocycles. The molecule has 0 aliphatic heterocycles. The Labute approximate surface area is 167 Å². The van der Waals surface area contributed by atoms with Gasteiger partial charge in [0, 0.05) is 31.8 Å². The first-order valence-electron chi connectivity index (χ1n) is 10.7. The van der Waals surface area contributed by atoms with Crippen molar-refractivity contribution in [2.45, 2.75) is 71.1 Å². The van der Waals surface area contributed by atoms with Crippen LogP contribution < -0.4 is 0 Å².